The summed E-state index contributed by atoms with van der Waals surface area (Å²) in [5, 5.41) is 2.77. The molecule has 0 unspecified atom stereocenters. The van der Waals surface area contributed by atoms with E-state index >= 15 is 0 Å². The van der Waals surface area contributed by atoms with Crippen LogP contribution in [0.3, 0.4) is 0 Å². The molecule has 13 heteroatoms. The number of benzene rings is 3. The second-order valence-corrected chi connectivity index (χ2v) is 10.6. The summed E-state index contributed by atoms with van der Waals surface area (Å²) in [4.78, 5) is 51.3. The van der Waals surface area contributed by atoms with Crippen LogP contribution in [0.25, 0.3) is 10.9 Å². The highest BCUT2D eigenvalue weighted by atomic mass is 16.5. The van der Waals surface area contributed by atoms with E-state index in [1.807, 2.05) is 0 Å². The highest BCUT2D eigenvalue weighted by Crippen LogP contribution is 2.30. The number of carbonyl (C=O) groups is 4. The van der Waals surface area contributed by atoms with Crippen LogP contribution in [-0.2, 0) is 23.9 Å². The quantitative estimate of drug-likeness (QED) is 0.0419. The van der Waals surface area contributed by atoms with Crippen LogP contribution in [0.1, 0.15) is 41.6 Å². The van der Waals surface area contributed by atoms with Crippen molar-refractivity contribution in [3.05, 3.63) is 114 Å². The predicted octanol–water partition coefficient (Wildman–Crippen LogP) is 6.60. The minimum Gasteiger partial charge on any atom is -0.493 e. The second kappa shape index (κ2) is 21.5. The van der Waals surface area contributed by atoms with Crippen molar-refractivity contribution in [2.24, 2.45) is 0 Å². The highest BCUT2D eigenvalue weighted by Gasteiger charge is 2.16. The van der Waals surface area contributed by atoms with Gasteiger partial charge in [-0.2, -0.15) is 0 Å². The fraction of sp³-hybridized carbons (Fsp3) is 0.256. The van der Waals surface area contributed by atoms with Gasteiger partial charge in [-0.05, 0) is 91.9 Å². The van der Waals surface area contributed by atoms with Crippen LogP contribution in [0.4, 0.5) is 5.69 Å². The Hall–Kier alpha value is -6.55. The van der Waals surface area contributed by atoms with Crippen molar-refractivity contribution in [2.45, 2.75) is 25.7 Å². The number of hydrogen-bond donors (Lipinski definition) is 1. The molecule has 0 spiro atoms. The van der Waals surface area contributed by atoms with Crippen LogP contribution >= 0.6 is 0 Å². The van der Waals surface area contributed by atoms with Crippen molar-refractivity contribution in [3.63, 3.8) is 0 Å². The third-order valence-corrected chi connectivity index (χ3v) is 6.98. The number of rotatable bonds is 21. The first-order valence-electron chi connectivity index (χ1n) is 16.1. The molecule has 0 saturated carbocycles. The van der Waals surface area contributed by atoms with Gasteiger partial charge in [-0.1, -0.05) is 19.2 Å². The van der Waals surface area contributed by atoms with Gasteiger partial charge >= 0.3 is 17.9 Å². The lowest BCUT2D eigenvalue weighted by atomic mass is 10.1. The molecule has 0 radical (unpaired) electrons. The zero-order valence-electron chi connectivity index (χ0n) is 29.0. The predicted molar refractivity (Wildman–Crippen MR) is 192 cm³/mol. The van der Waals surface area contributed by atoms with E-state index in [1.165, 1.54) is 32.4 Å². The molecule has 0 aliphatic carbocycles. The standard InChI is InChI=1S/C39H40N2O11/c1-6-36(42)50-22-10-8-20-48-32-18-12-27(25-34(32)46-4)24-31(40-3)39(45)52-30-16-14-29(15-17-30)41-38(44)28-13-19-33(35(26-28)47-5)49-21-9-11-23-51-37(43)7-2/h6-7,12-19,24-26H,1-2,8-11,20-23H2,4-5H3,(H,41,44)/b31-24-. The second-order valence-electron chi connectivity index (χ2n) is 10.6. The van der Waals surface area contributed by atoms with Gasteiger partial charge in [-0.15, -0.1) is 0 Å². The topological polar surface area (TPSA) is 149 Å². The molecule has 0 fully saturated rings. The summed E-state index contributed by atoms with van der Waals surface area (Å²) in [5.41, 5.74) is 1.01. The lowest BCUT2D eigenvalue weighted by Gasteiger charge is -2.13. The van der Waals surface area contributed by atoms with E-state index in [4.69, 9.17) is 39.7 Å². The van der Waals surface area contributed by atoms with Gasteiger partial charge in [-0.25, -0.2) is 14.4 Å². The maximum atomic E-state index is 12.9. The number of ether oxygens (including phenoxy) is 7. The molecule has 0 bridgehead atoms. The molecule has 0 atom stereocenters. The average Bonchev–Trinajstić information content (AvgIpc) is 3.17. The van der Waals surface area contributed by atoms with Crippen molar-refractivity contribution in [3.8, 4) is 28.7 Å². The van der Waals surface area contributed by atoms with E-state index in [9.17, 15) is 19.2 Å². The molecule has 13 nitrogen and oxygen atoms in total. The Morgan fingerprint density at radius 1 is 0.712 bits per heavy atom. The number of anilines is 1. The Morgan fingerprint density at radius 2 is 1.25 bits per heavy atom. The number of amides is 1. The van der Waals surface area contributed by atoms with Crippen molar-refractivity contribution >= 4 is 35.6 Å². The van der Waals surface area contributed by atoms with E-state index < -0.39 is 23.8 Å². The van der Waals surface area contributed by atoms with Gasteiger partial charge in [-0.3, -0.25) is 9.59 Å². The molecular formula is C39H40N2O11. The summed E-state index contributed by atoms with van der Waals surface area (Å²) in [6.07, 6.45) is 6.09. The Bertz CT molecular complexity index is 1790. The lowest BCUT2D eigenvalue weighted by Crippen LogP contribution is -2.12. The summed E-state index contributed by atoms with van der Waals surface area (Å²) in [5.74, 6) is -0.345. The van der Waals surface area contributed by atoms with Crippen LogP contribution in [0.15, 0.2) is 91.7 Å². The fourth-order valence-electron chi connectivity index (χ4n) is 4.32. The van der Waals surface area contributed by atoms with Gasteiger partial charge in [0.05, 0.1) is 47.2 Å². The minimum absolute atomic E-state index is 0.167. The maximum absolute atomic E-state index is 12.9. The van der Waals surface area contributed by atoms with Gasteiger partial charge in [0.2, 0.25) is 0 Å². The van der Waals surface area contributed by atoms with Crippen LogP contribution in [-0.4, -0.2) is 64.5 Å². The van der Waals surface area contributed by atoms with Crippen molar-refractivity contribution in [1.29, 1.82) is 0 Å². The largest absolute Gasteiger partial charge is 0.493 e. The average molecular weight is 713 g/mol. The molecule has 272 valence electrons. The van der Waals surface area contributed by atoms with Gasteiger partial charge in [0.15, 0.2) is 23.0 Å². The van der Waals surface area contributed by atoms with Crippen LogP contribution in [0, 0.1) is 6.57 Å². The normalized spacial score (nSPS) is 10.5. The maximum Gasteiger partial charge on any atom is 0.341 e. The number of esters is 3. The summed E-state index contributed by atoms with van der Waals surface area (Å²) in [6.45, 7) is 15.5. The van der Waals surface area contributed by atoms with E-state index in [0.29, 0.717) is 78.7 Å². The Balaban J connectivity index is 1.53. The first kappa shape index (κ1) is 39.9. The molecule has 0 heterocycles. The zero-order valence-corrected chi connectivity index (χ0v) is 29.0. The number of nitrogens with one attached hydrogen (secondary N) is 1. The molecule has 3 aromatic carbocycles. The molecule has 1 N–H and O–H groups in total. The van der Waals surface area contributed by atoms with E-state index in [-0.39, 0.29) is 24.7 Å². The molecule has 0 saturated heterocycles. The first-order chi connectivity index (χ1) is 25.2. The first-order valence-corrected chi connectivity index (χ1v) is 16.1. The molecule has 3 aromatic rings. The van der Waals surface area contributed by atoms with Crippen LogP contribution in [0.2, 0.25) is 0 Å². The number of methoxy groups -OCH3 is 2. The Morgan fingerprint density at radius 3 is 1.79 bits per heavy atom. The van der Waals surface area contributed by atoms with Crippen molar-refractivity contribution < 1.29 is 52.3 Å². The summed E-state index contributed by atoms with van der Waals surface area (Å²) in [6, 6.07) is 15.8. The monoisotopic (exact) mass is 712 g/mol. The van der Waals surface area contributed by atoms with Crippen molar-refractivity contribution in [1.82, 2.24) is 0 Å². The minimum atomic E-state index is -0.867. The van der Waals surface area contributed by atoms with Gasteiger partial charge in [0.1, 0.15) is 5.75 Å². The lowest BCUT2D eigenvalue weighted by molar-refractivity contribution is -0.138. The van der Waals surface area contributed by atoms with E-state index in [1.54, 1.807) is 48.5 Å². The summed E-state index contributed by atoms with van der Waals surface area (Å²) >= 11 is 0. The molecule has 3 rings (SSSR count). The smallest absolute Gasteiger partial charge is 0.341 e. The highest BCUT2D eigenvalue weighted by molar-refractivity contribution is 6.04. The van der Waals surface area contributed by atoms with Gasteiger partial charge in [0, 0.05) is 23.4 Å². The van der Waals surface area contributed by atoms with E-state index in [2.05, 4.69) is 23.3 Å². The summed E-state index contributed by atoms with van der Waals surface area (Å²) < 4.78 is 37.6. The molecule has 0 aliphatic heterocycles. The summed E-state index contributed by atoms with van der Waals surface area (Å²) in [7, 11) is 2.94. The van der Waals surface area contributed by atoms with Crippen molar-refractivity contribution in [2.75, 3.05) is 46.0 Å². The number of carbonyl (C=O) groups excluding carboxylic acids is 4. The third-order valence-electron chi connectivity index (χ3n) is 6.98. The molecule has 0 aliphatic rings. The number of hydrogen-bond acceptors (Lipinski definition) is 11. The number of nitrogens with zero attached hydrogens (tertiary/aromatic N) is 1. The van der Waals surface area contributed by atoms with Gasteiger partial charge < -0.3 is 38.5 Å². The molecule has 52 heavy (non-hydrogen) atoms. The van der Waals surface area contributed by atoms with Crippen LogP contribution < -0.4 is 29.0 Å². The van der Waals surface area contributed by atoms with E-state index in [0.717, 1.165) is 12.2 Å². The Kier molecular flexibility index (Phi) is 16.5. The Labute approximate surface area is 302 Å². The molecule has 0 aromatic heterocycles. The zero-order chi connectivity index (χ0) is 37.7. The fourth-order valence-corrected chi connectivity index (χ4v) is 4.32. The SMILES string of the molecule is [C-]#[N+]/C(=C\c1ccc(OCCCCOC(=O)C=C)c(OC)c1)C(=O)Oc1ccc(NC(=O)c2ccc(OCCCCOC(=O)C=C)c(OC)c2)cc1. The molecule has 1 amide bonds. The third kappa shape index (κ3) is 13.1. The molecular weight excluding hydrogens is 672 g/mol. The number of unbranched alkanes of at least 4 members (excludes halogenated alkanes) is 2. The van der Waals surface area contributed by atoms with Crippen LogP contribution in [0.5, 0.6) is 28.7 Å². The van der Waals surface area contributed by atoms with Gasteiger partial charge in [0.25, 0.3) is 11.6 Å².